The molecular formula is C22H27N5O2S. The van der Waals surface area contributed by atoms with E-state index >= 15 is 0 Å². The molecule has 2 aliphatic rings. The third-order valence-corrected chi connectivity index (χ3v) is 6.67. The Morgan fingerprint density at radius 2 is 2.13 bits per heavy atom. The fourth-order valence-corrected chi connectivity index (χ4v) is 4.91. The molecule has 0 unspecified atom stereocenters. The maximum absolute atomic E-state index is 5.88. The van der Waals surface area contributed by atoms with E-state index in [-0.39, 0.29) is 0 Å². The van der Waals surface area contributed by atoms with Crippen LogP contribution in [-0.2, 0) is 22.6 Å². The molecule has 2 saturated heterocycles. The van der Waals surface area contributed by atoms with Gasteiger partial charge in [0.15, 0.2) is 5.13 Å². The van der Waals surface area contributed by atoms with E-state index in [0.29, 0.717) is 25.4 Å². The van der Waals surface area contributed by atoms with Gasteiger partial charge in [-0.15, -0.1) is 11.3 Å². The second-order valence-electron chi connectivity index (χ2n) is 7.82. The standard InChI is InChI=1S/C22H27N5O2S/c1-3-18(26(9-1)11-17-5-7-23-8-6-17)12-29-16-24-22-25-20(15-30-22)21-4-2-10-27(21)19-13-28-14-19/h1,3,5-9,15,19,21H,2,4,10-14,16H2,(H,24,25)/t21-/m1/s1. The SMILES string of the molecule is c1cc(COCNc2nc([C@H]3CCCN3C3COC3)cs2)n(Cc2ccncc2)c1. The van der Waals surface area contributed by atoms with Crippen LogP contribution < -0.4 is 5.32 Å². The van der Waals surface area contributed by atoms with Gasteiger partial charge in [0.2, 0.25) is 0 Å². The second kappa shape index (κ2) is 9.26. The number of ether oxygens (including phenoxy) is 2. The summed E-state index contributed by atoms with van der Waals surface area (Å²) in [6, 6.07) is 9.24. The summed E-state index contributed by atoms with van der Waals surface area (Å²) in [4.78, 5) is 11.5. The molecule has 3 aromatic heterocycles. The Labute approximate surface area is 180 Å². The zero-order chi connectivity index (χ0) is 20.2. The average molecular weight is 426 g/mol. The molecule has 5 rings (SSSR count). The van der Waals surface area contributed by atoms with Crippen molar-refractivity contribution >= 4 is 16.5 Å². The first kappa shape index (κ1) is 19.7. The van der Waals surface area contributed by atoms with E-state index in [1.54, 1.807) is 11.3 Å². The molecule has 7 nitrogen and oxygen atoms in total. The molecule has 2 fully saturated rings. The number of rotatable bonds is 9. The van der Waals surface area contributed by atoms with Crippen molar-refractivity contribution in [2.75, 3.05) is 31.8 Å². The first-order chi connectivity index (χ1) is 14.9. The van der Waals surface area contributed by atoms with Crippen LogP contribution >= 0.6 is 11.3 Å². The lowest BCUT2D eigenvalue weighted by Crippen LogP contribution is -2.48. The number of thiazole rings is 1. The van der Waals surface area contributed by atoms with Gasteiger partial charge in [0, 0.05) is 36.2 Å². The van der Waals surface area contributed by atoms with Gasteiger partial charge in [-0.25, -0.2) is 4.98 Å². The van der Waals surface area contributed by atoms with Crippen molar-refractivity contribution in [2.45, 2.75) is 38.1 Å². The summed E-state index contributed by atoms with van der Waals surface area (Å²) in [6.45, 7) is 4.70. The molecule has 3 aromatic rings. The largest absolute Gasteiger partial charge is 0.378 e. The van der Waals surface area contributed by atoms with E-state index in [9.17, 15) is 0 Å². The van der Waals surface area contributed by atoms with Crippen LogP contribution in [0, 0.1) is 0 Å². The third kappa shape index (κ3) is 4.41. The summed E-state index contributed by atoms with van der Waals surface area (Å²) in [5.74, 6) is 0. The van der Waals surface area contributed by atoms with Crippen LogP contribution in [0.5, 0.6) is 0 Å². The molecule has 0 saturated carbocycles. The molecule has 0 spiro atoms. The van der Waals surface area contributed by atoms with Crippen LogP contribution in [0.3, 0.4) is 0 Å². The quantitative estimate of drug-likeness (QED) is 0.418. The molecule has 1 atom stereocenters. The highest BCUT2D eigenvalue weighted by molar-refractivity contribution is 7.13. The van der Waals surface area contributed by atoms with E-state index in [1.807, 2.05) is 24.5 Å². The number of hydrogen-bond acceptors (Lipinski definition) is 7. The molecule has 0 aliphatic carbocycles. The molecule has 0 radical (unpaired) electrons. The molecular weight excluding hydrogens is 398 g/mol. The first-order valence-corrected chi connectivity index (χ1v) is 11.4. The normalized spacial score (nSPS) is 19.8. The number of aromatic nitrogens is 3. The van der Waals surface area contributed by atoms with Crippen molar-refractivity contribution in [2.24, 2.45) is 0 Å². The average Bonchev–Trinajstić information content (AvgIpc) is 3.46. The summed E-state index contributed by atoms with van der Waals surface area (Å²) in [5.41, 5.74) is 3.56. The number of pyridine rings is 1. The van der Waals surface area contributed by atoms with Crippen LogP contribution in [0.15, 0.2) is 48.2 Å². The first-order valence-electron chi connectivity index (χ1n) is 10.5. The summed E-state index contributed by atoms with van der Waals surface area (Å²) >= 11 is 1.66. The highest BCUT2D eigenvalue weighted by Gasteiger charge is 2.36. The maximum Gasteiger partial charge on any atom is 0.184 e. The molecule has 8 heteroatoms. The second-order valence-corrected chi connectivity index (χ2v) is 8.68. The van der Waals surface area contributed by atoms with Crippen LogP contribution in [0.1, 0.15) is 35.8 Å². The summed E-state index contributed by atoms with van der Waals surface area (Å²) in [6.07, 6.45) is 8.16. The molecule has 30 heavy (non-hydrogen) atoms. The third-order valence-electron chi connectivity index (χ3n) is 5.85. The van der Waals surface area contributed by atoms with Gasteiger partial charge in [0.1, 0.15) is 6.73 Å². The number of likely N-dealkylation sites (tertiary alicyclic amines) is 1. The van der Waals surface area contributed by atoms with E-state index in [0.717, 1.165) is 37.1 Å². The zero-order valence-electron chi connectivity index (χ0n) is 16.9. The van der Waals surface area contributed by atoms with Crippen molar-refractivity contribution in [1.29, 1.82) is 0 Å². The predicted octanol–water partition coefficient (Wildman–Crippen LogP) is 3.51. The monoisotopic (exact) mass is 425 g/mol. The number of nitrogens with one attached hydrogen (secondary N) is 1. The zero-order valence-corrected chi connectivity index (χ0v) is 17.8. The molecule has 0 aromatic carbocycles. The predicted molar refractivity (Wildman–Crippen MR) is 116 cm³/mol. The van der Waals surface area contributed by atoms with Crippen molar-refractivity contribution in [1.82, 2.24) is 19.4 Å². The Morgan fingerprint density at radius 1 is 1.23 bits per heavy atom. The van der Waals surface area contributed by atoms with E-state index < -0.39 is 0 Å². The lowest BCUT2D eigenvalue weighted by atomic mass is 10.1. The smallest absolute Gasteiger partial charge is 0.184 e. The fraction of sp³-hybridized carbons (Fsp3) is 0.455. The molecule has 5 heterocycles. The van der Waals surface area contributed by atoms with Gasteiger partial charge in [-0.2, -0.15) is 0 Å². The van der Waals surface area contributed by atoms with Gasteiger partial charge in [-0.1, -0.05) is 0 Å². The van der Waals surface area contributed by atoms with E-state index in [1.165, 1.54) is 24.1 Å². The number of nitrogens with zero attached hydrogens (tertiary/aromatic N) is 4. The highest BCUT2D eigenvalue weighted by Crippen LogP contribution is 2.36. The van der Waals surface area contributed by atoms with Crippen molar-refractivity contribution < 1.29 is 9.47 Å². The molecule has 0 amide bonds. The highest BCUT2D eigenvalue weighted by atomic mass is 32.1. The molecule has 1 N–H and O–H groups in total. The lowest BCUT2D eigenvalue weighted by molar-refractivity contribution is -0.0700. The van der Waals surface area contributed by atoms with Crippen molar-refractivity contribution in [3.05, 3.63) is 65.2 Å². The summed E-state index contributed by atoms with van der Waals surface area (Å²) < 4.78 is 13.5. The van der Waals surface area contributed by atoms with Crippen LogP contribution in [0.4, 0.5) is 5.13 Å². The minimum absolute atomic E-state index is 0.433. The van der Waals surface area contributed by atoms with Crippen molar-refractivity contribution in [3.8, 4) is 0 Å². The number of anilines is 1. The Balaban J connectivity index is 1.10. The Bertz CT molecular complexity index is 940. The van der Waals surface area contributed by atoms with Gasteiger partial charge in [-0.05, 0) is 49.2 Å². The van der Waals surface area contributed by atoms with Gasteiger partial charge in [-0.3, -0.25) is 9.88 Å². The van der Waals surface area contributed by atoms with E-state index in [2.05, 4.69) is 43.5 Å². The Morgan fingerprint density at radius 3 is 2.97 bits per heavy atom. The van der Waals surface area contributed by atoms with Gasteiger partial charge in [0.25, 0.3) is 0 Å². The van der Waals surface area contributed by atoms with Crippen LogP contribution in [0.2, 0.25) is 0 Å². The molecule has 158 valence electrons. The Kier molecular flexibility index (Phi) is 6.08. The minimum atomic E-state index is 0.433. The fourth-order valence-electron chi connectivity index (χ4n) is 4.17. The Hall–Kier alpha value is -2.26. The van der Waals surface area contributed by atoms with Gasteiger partial charge < -0.3 is 19.4 Å². The topological polar surface area (TPSA) is 64.4 Å². The maximum atomic E-state index is 5.88. The minimum Gasteiger partial charge on any atom is -0.378 e. The van der Waals surface area contributed by atoms with Crippen molar-refractivity contribution in [3.63, 3.8) is 0 Å². The summed E-state index contributed by atoms with van der Waals surface area (Å²) in [7, 11) is 0. The van der Waals surface area contributed by atoms with Gasteiger partial charge in [0.05, 0.1) is 37.6 Å². The van der Waals surface area contributed by atoms with Crippen LogP contribution in [-0.4, -0.2) is 52.0 Å². The van der Waals surface area contributed by atoms with Gasteiger partial charge >= 0.3 is 0 Å². The van der Waals surface area contributed by atoms with Crippen LogP contribution in [0.25, 0.3) is 0 Å². The molecule has 0 bridgehead atoms. The summed E-state index contributed by atoms with van der Waals surface area (Å²) in [5, 5.41) is 6.43. The lowest BCUT2D eigenvalue weighted by Gasteiger charge is -2.37. The molecule has 2 aliphatic heterocycles. The number of hydrogen-bond donors (Lipinski definition) is 1. The van der Waals surface area contributed by atoms with E-state index in [4.69, 9.17) is 14.5 Å².